The second-order valence-corrected chi connectivity index (χ2v) is 4.63. The molecule has 2 rings (SSSR count). The van der Waals surface area contributed by atoms with Crippen LogP contribution in [0.4, 0.5) is 0 Å². The Morgan fingerprint density at radius 3 is 2.94 bits per heavy atom. The number of hydrogen-bond donors (Lipinski definition) is 1. The van der Waals surface area contributed by atoms with Gasteiger partial charge in [0.15, 0.2) is 0 Å². The molecular formula is C14H17ClN2O. The van der Waals surface area contributed by atoms with Gasteiger partial charge in [0.1, 0.15) is 5.88 Å². The van der Waals surface area contributed by atoms with E-state index >= 15 is 0 Å². The molecule has 1 amide bonds. The minimum absolute atomic E-state index is 0.0333. The molecule has 1 N–H and O–H groups in total. The Hall–Kier alpha value is -1.48. The number of benzene rings is 1. The number of amides is 1. The van der Waals surface area contributed by atoms with Crippen LogP contribution in [0.3, 0.4) is 0 Å². The number of nitrogens with one attached hydrogen (secondary N) is 1. The van der Waals surface area contributed by atoms with E-state index in [0.29, 0.717) is 6.54 Å². The molecule has 0 spiro atoms. The minimum Gasteiger partial charge on any atom is -0.355 e. The number of nitrogens with zero attached hydrogens (tertiary/aromatic N) is 1. The van der Waals surface area contributed by atoms with E-state index in [-0.39, 0.29) is 11.8 Å². The maximum absolute atomic E-state index is 11.0. The van der Waals surface area contributed by atoms with Crippen LogP contribution in [0.5, 0.6) is 0 Å². The number of para-hydroxylation sites is 1. The number of rotatable bonds is 5. The fourth-order valence-electron chi connectivity index (χ4n) is 2.14. The Balaban J connectivity index is 1.98. The molecule has 1 aromatic carbocycles. The molecule has 96 valence electrons. The standard InChI is InChI=1S/C14H17ClN2O/c1-11-10-17(8-4-7-16-14(18)9-15)13-6-3-2-5-12(11)13/h2-3,5-6,10H,4,7-9H2,1H3,(H,16,18). The van der Waals surface area contributed by atoms with Gasteiger partial charge in [-0.1, -0.05) is 18.2 Å². The molecule has 0 bridgehead atoms. The Morgan fingerprint density at radius 2 is 2.17 bits per heavy atom. The van der Waals surface area contributed by atoms with Crippen LogP contribution in [0.25, 0.3) is 10.9 Å². The molecule has 0 aliphatic rings. The van der Waals surface area contributed by atoms with Gasteiger partial charge in [-0.2, -0.15) is 0 Å². The molecule has 3 nitrogen and oxygen atoms in total. The number of aromatic nitrogens is 1. The van der Waals surface area contributed by atoms with Gasteiger partial charge in [-0.15, -0.1) is 11.6 Å². The maximum atomic E-state index is 11.0. The van der Waals surface area contributed by atoms with Crippen LogP contribution in [0.15, 0.2) is 30.5 Å². The molecule has 2 aromatic rings. The predicted molar refractivity (Wildman–Crippen MR) is 75.0 cm³/mol. The maximum Gasteiger partial charge on any atom is 0.234 e. The van der Waals surface area contributed by atoms with Crippen LogP contribution in [0.1, 0.15) is 12.0 Å². The normalized spacial score (nSPS) is 10.8. The van der Waals surface area contributed by atoms with Crippen LogP contribution >= 0.6 is 11.6 Å². The van der Waals surface area contributed by atoms with Gasteiger partial charge in [-0.25, -0.2) is 0 Å². The molecule has 0 fully saturated rings. The zero-order chi connectivity index (χ0) is 13.0. The summed E-state index contributed by atoms with van der Waals surface area (Å²) in [5.41, 5.74) is 2.54. The highest BCUT2D eigenvalue weighted by Gasteiger charge is 2.04. The summed E-state index contributed by atoms with van der Waals surface area (Å²) in [6, 6.07) is 8.37. The molecule has 0 aliphatic carbocycles. The highest BCUT2D eigenvalue weighted by Crippen LogP contribution is 2.20. The molecular weight excluding hydrogens is 248 g/mol. The van der Waals surface area contributed by atoms with Gasteiger partial charge in [0.2, 0.25) is 5.91 Å². The summed E-state index contributed by atoms with van der Waals surface area (Å²) in [6.07, 6.45) is 3.06. The van der Waals surface area contributed by atoms with Gasteiger partial charge in [-0.05, 0) is 25.0 Å². The summed E-state index contributed by atoms with van der Waals surface area (Å²) in [4.78, 5) is 11.0. The molecule has 18 heavy (non-hydrogen) atoms. The average Bonchev–Trinajstić information content (AvgIpc) is 2.72. The number of halogens is 1. The summed E-state index contributed by atoms with van der Waals surface area (Å²) >= 11 is 5.41. The Labute approximate surface area is 112 Å². The number of alkyl halides is 1. The molecule has 4 heteroatoms. The van der Waals surface area contributed by atoms with Crippen LogP contribution in [0.2, 0.25) is 0 Å². The molecule has 0 atom stereocenters. The third-order valence-electron chi connectivity index (χ3n) is 3.01. The van der Waals surface area contributed by atoms with Gasteiger partial charge in [0.05, 0.1) is 0 Å². The minimum atomic E-state index is -0.106. The quantitative estimate of drug-likeness (QED) is 0.654. The van der Waals surface area contributed by atoms with E-state index in [9.17, 15) is 4.79 Å². The first-order valence-corrected chi connectivity index (χ1v) is 6.63. The van der Waals surface area contributed by atoms with Crippen molar-refractivity contribution in [3.05, 3.63) is 36.0 Å². The highest BCUT2D eigenvalue weighted by atomic mass is 35.5. The number of carbonyl (C=O) groups is 1. The summed E-state index contributed by atoms with van der Waals surface area (Å²) in [7, 11) is 0. The summed E-state index contributed by atoms with van der Waals surface area (Å²) in [6.45, 7) is 3.68. The highest BCUT2D eigenvalue weighted by molar-refractivity contribution is 6.27. The van der Waals surface area contributed by atoms with Crippen LogP contribution < -0.4 is 5.32 Å². The molecule has 0 aliphatic heterocycles. The second-order valence-electron chi connectivity index (χ2n) is 4.36. The van der Waals surface area contributed by atoms with Crippen molar-refractivity contribution < 1.29 is 4.79 Å². The third kappa shape index (κ3) is 2.85. The molecule has 0 radical (unpaired) electrons. The van der Waals surface area contributed by atoms with Crippen molar-refractivity contribution in [1.29, 1.82) is 0 Å². The molecule has 0 unspecified atom stereocenters. The summed E-state index contributed by atoms with van der Waals surface area (Å²) in [5.74, 6) is -0.0730. The van der Waals surface area contributed by atoms with Gasteiger partial charge in [0, 0.05) is 30.2 Å². The Bertz CT molecular complexity index is 548. The van der Waals surface area contributed by atoms with Crippen molar-refractivity contribution in [3.8, 4) is 0 Å². The first-order valence-electron chi connectivity index (χ1n) is 6.09. The molecule has 0 saturated heterocycles. The van der Waals surface area contributed by atoms with E-state index in [4.69, 9.17) is 11.6 Å². The third-order valence-corrected chi connectivity index (χ3v) is 3.25. The first-order chi connectivity index (χ1) is 8.72. The largest absolute Gasteiger partial charge is 0.355 e. The van der Waals surface area contributed by atoms with Crippen molar-refractivity contribution in [3.63, 3.8) is 0 Å². The number of carbonyl (C=O) groups excluding carboxylic acids is 1. The second kappa shape index (κ2) is 5.91. The fourth-order valence-corrected chi connectivity index (χ4v) is 2.23. The van der Waals surface area contributed by atoms with Crippen molar-refractivity contribution in [2.45, 2.75) is 19.9 Å². The lowest BCUT2D eigenvalue weighted by molar-refractivity contribution is -0.118. The van der Waals surface area contributed by atoms with Gasteiger partial charge in [-0.3, -0.25) is 4.79 Å². The Kier molecular flexibility index (Phi) is 4.26. The summed E-state index contributed by atoms with van der Waals surface area (Å²) < 4.78 is 2.23. The fraction of sp³-hybridized carbons (Fsp3) is 0.357. The Morgan fingerprint density at radius 1 is 1.39 bits per heavy atom. The van der Waals surface area contributed by atoms with Gasteiger partial charge in [0.25, 0.3) is 0 Å². The van der Waals surface area contributed by atoms with Gasteiger partial charge >= 0.3 is 0 Å². The van der Waals surface area contributed by atoms with E-state index < -0.39 is 0 Å². The number of fused-ring (bicyclic) bond motifs is 1. The number of aryl methyl sites for hydroxylation is 2. The molecule has 1 aromatic heterocycles. The van der Waals surface area contributed by atoms with Crippen LogP contribution in [-0.4, -0.2) is 22.9 Å². The van der Waals surface area contributed by atoms with Gasteiger partial charge < -0.3 is 9.88 Å². The lowest BCUT2D eigenvalue weighted by Gasteiger charge is -2.06. The van der Waals surface area contributed by atoms with Crippen molar-refractivity contribution >= 4 is 28.4 Å². The SMILES string of the molecule is Cc1cn(CCCNC(=O)CCl)c2ccccc12. The lowest BCUT2D eigenvalue weighted by atomic mass is 10.2. The summed E-state index contributed by atoms with van der Waals surface area (Å²) in [5, 5.41) is 4.07. The number of hydrogen-bond acceptors (Lipinski definition) is 1. The van der Waals surface area contributed by atoms with Crippen molar-refractivity contribution in [2.75, 3.05) is 12.4 Å². The zero-order valence-corrected chi connectivity index (χ0v) is 11.2. The van der Waals surface area contributed by atoms with Crippen molar-refractivity contribution in [1.82, 2.24) is 9.88 Å². The zero-order valence-electron chi connectivity index (χ0n) is 10.4. The van der Waals surface area contributed by atoms with Crippen molar-refractivity contribution in [2.24, 2.45) is 0 Å². The van der Waals surface area contributed by atoms with E-state index in [0.717, 1.165) is 13.0 Å². The van der Waals surface area contributed by atoms with E-state index in [1.807, 2.05) is 6.07 Å². The lowest BCUT2D eigenvalue weighted by Crippen LogP contribution is -2.26. The first kappa shape index (κ1) is 13.0. The van der Waals surface area contributed by atoms with E-state index in [1.165, 1.54) is 16.5 Å². The van der Waals surface area contributed by atoms with E-state index in [1.54, 1.807) is 0 Å². The van der Waals surface area contributed by atoms with Crippen LogP contribution in [0, 0.1) is 6.92 Å². The predicted octanol–water partition coefficient (Wildman–Crippen LogP) is 2.69. The van der Waals surface area contributed by atoms with E-state index in [2.05, 4.69) is 41.2 Å². The molecule has 1 heterocycles. The smallest absolute Gasteiger partial charge is 0.234 e. The average molecular weight is 265 g/mol. The monoisotopic (exact) mass is 264 g/mol. The topological polar surface area (TPSA) is 34.0 Å². The van der Waals surface area contributed by atoms with Crippen LogP contribution in [-0.2, 0) is 11.3 Å². The molecule has 0 saturated carbocycles.